The predicted octanol–water partition coefficient (Wildman–Crippen LogP) is 1.28. The van der Waals surface area contributed by atoms with E-state index in [2.05, 4.69) is 25.0 Å². The Hall–Kier alpha value is -2.61. The number of carbonyl (C=O) groups is 1. The monoisotopic (exact) mass is 357 g/mol. The smallest absolute Gasteiger partial charge is 0.251 e. The molecule has 1 aliphatic carbocycles. The topological polar surface area (TPSA) is 81.5 Å². The molecule has 26 heavy (non-hydrogen) atoms. The fourth-order valence-electron chi connectivity index (χ4n) is 3.40. The van der Waals surface area contributed by atoms with E-state index in [9.17, 15) is 4.79 Å². The van der Waals surface area contributed by atoms with E-state index in [1.165, 1.54) is 0 Å². The third-order valence-electron chi connectivity index (χ3n) is 4.93. The van der Waals surface area contributed by atoms with E-state index in [1.54, 1.807) is 18.2 Å². The molecule has 4 rings (SSSR count). The van der Waals surface area contributed by atoms with E-state index in [4.69, 9.17) is 9.47 Å². The molecular formula is C18H23N5O3. The molecule has 1 fully saturated rings. The number of hydrogen-bond donors (Lipinski definition) is 1. The first kappa shape index (κ1) is 16.8. The number of benzene rings is 1. The second-order valence-corrected chi connectivity index (χ2v) is 7.18. The van der Waals surface area contributed by atoms with Gasteiger partial charge in [0.1, 0.15) is 11.6 Å². The Morgan fingerprint density at radius 3 is 2.81 bits per heavy atom. The summed E-state index contributed by atoms with van der Waals surface area (Å²) in [6.45, 7) is 0.971. The second kappa shape index (κ2) is 6.60. The summed E-state index contributed by atoms with van der Waals surface area (Å²) in [5.74, 6) is 3.51. The number of carbonyl (C=O) groups excluding carboxylic acids is 1. The molecule has 0 atom stereocenters. The van der Waals surface area contributed by atoms with Gasteiger partial charge in [-0.3, -0.25) is 4.79 Å². The molecule has 0 bridgehead atoms. The molecule has 2 heterocycles. The number of nitrogens with one attached hydrogen (secondary N) is 1. The zero-order valence-corrected chi connectivity index (χ0v) is 15.2. The van der Waals surface area contributed by atoms with Gasteiger partial charge in [-0.15, -0.1) is 10.2 Å². The van der Waals surface area contributed by atoms with E-state index in [1.807, 2.05) is 21.1 Å². The van der Waals surface area contributed by atoms with Crippen LogP contribution in [-0.4, -0.2) is 52.5 Å². The van der Waals surface area contributed by atoms with Gasteiger partial charge in [0.25, 0.3) is 5.91 Å². The van der Waals surface area contributed by atoms with Gasteiger partial charge in [-0.1, -0.05) is 0 Å². The van der Waals surface area contributed by atoms with Crippen molar-refractivity contribution < 1.29 is 14.3 Å². The van der Waals surface area contributed by atoms with E-state index in [0.29, 0.717) is 23.0 Å². The number of hydrogen-bond acceptors (Lipinski definition) is 6. The minimum atomic E-state index is -0.0852. The van der Waals surface area contributed by atoms with Crippen LogP contribution < -0.4 is 14.8 Å². The van der Waals surface area contributed by atoms with Crippen molar-refractivity contribution in [1.82, 2.24) is 25.0 Å². The van der Waals surface area contributed by atoms with Gasteiger partial charge in [-0.25, -0.2) is 0 Å². The molecule has 0 saturated heterocycles. The van der Waals surface area contributed by atoms with Crippen molar-refractivity contribution in [2.75, 3.05) is 20.9 Å². The van der Waals surface area contributed by atoms with Crippen molar-refractivity contribution in [3.63, 3.8) is 0 Å². The van der Waals surface area contributed by atoms with Gasteiger partial charge in [-0.2, -0.15) is 0 Å². The Bertz CT molecular complexity index is 826. The number of rotatable bonds is 5. The third kappa shape index (κ3) is 3.12. The molecule has 8 nitrogen and oxygen atoms in total. The Morgan fingerprint density at radius 2 is 2.04 bits per heavy atom. The van der Waals surface area contributed by atoms with E-state index < -0.39 is 0 Å². The zero-order chi connectivity index (χ0) is 18.3. The fourth-order valence-corrected chi connectivity index (χ4v) is 3.40. The molecular weight excluding hydrogens is 334 g/mol. The third-order valence-corrected chi connectivity index (χ3v) is 4.93. The molecule has 0 radical (unpaired) electrons. The molecule has 1 N–H and O–H groups in total. The summed E-state index contributed by atoms with van der Waals surface area (Å²) < 4.78 is 12.7. The number of ether oxygens (including phenoxy) is 2. The lowest BCUT2D eigenvalue weighted by Crippen LogP contribution is -2.44. The van der Waals surface area contributed by atoms with E-state index >= 15 is 0 Å². The van der Waals surface area contributed by atoms with Gasteiger partial charge in [0.05, 0.1) is 6.54 Å². The first-order chi connectivity index (χ1) is 12.5. The maximum Gasteiger partial charge on any atom is 0.251 e. The van der Waals surface area contributed by atoms with Crippen LogP contribution in [0.5, 0.6) is 11.5 Å². The minimum absolute atomic E-state index is 0.0852. The van der Waals surface area contributed by atoms with Crippen LogP contribution in [0, 0.1) is 0 Å². The molecule has 1 aliphatic heterocycles. The highest BCUT2D eigenvalue weighted by atomic mass is 16.7. The SMILES string of the molecule is CN(C)Cc1nnc(C2CC(NC(=O)c3ccc4c(c3)OCO4)C2)n1C. The van der Waals surface area contributed by atoms with Crippen LogP contribution in [0.3, 0.4) is 0 Å². The van der Waals surface area contributed by atoms with Gasteiger partial charge in [-0.05, 0) is 45.1 Å². The van der Waals surface area contributed by atoms with Crippen LogP contribution in [0.1, 0.15) is 40.8 Å². The second-order valence-electron chi connectivity index (χ2n) is 7.18. The van der Waals surface area contributed by atoms with Crippen molar-refractivity contribution in [3.05, 3.63) is 35.4 Å². The Balaban J connectivity index is 1.34. The van der Waals surface area contributed by atoms with Crippen molar-refractivity contribution >= 4 is 5.91 Å². The normalized spacial score (nSPS) is 20.9. The summed E-state index contributed by atoms with van der Waals surface area (Å²) in [5.41, 5.74) is 0.588. The van der Waals surface area contributed by atoms with Gasteiger partial charge >= 0.3 is 0 Å². The van der Waals surface area contributed by atoms with Crippen LogP contribution in [-0.2, 0) is 13.6 Å². The molecule has 138 valence electrons. The number of amides is 1. The standard InChI is InChI=1S/C18H23N5O3/c1-22(2)9-16-20-21-17(23(16)3)12-6-13(7-12)19-18(24)11-4-5-14-15(8-11)26-10-25-14/h4-5,8,12-13H,6-7,9-10H2,1-3H3,(H,19,24). The quantitative estimate of drug-likeness (QED) is 0.868. The lowest BCUT2D eigenvalue weighted by Gasteiger charge is -2.35. The Kier molecular flexibility index (Phi) is 4.28. The molecule has 1 amide bonds. The fraction of sp³-hybridized carbons (Fsp3) is 0.500. The number of fused-ring (bicyclic) bond motifs is 1. The molecule has 2 aromatic rings. The Morgan fingerprint density at radius 1 is 1.27 bits per heavy atom. The summed E-state index contributed by atoms with van der Waals surface area (Å²) in [4.78, 5) is 14.5. The van der Waals surface area contributed by atoms with Gasteiger partial charge in [0, 0.05) is 24.6 Å². The molecule has 2 aliphatic rings. The molecule has 0 spiro atoms. The highest BCUT2D eigenvalue weighted by molar-refractivity contribution is 5.95. The summed E-state index contributed by atoms with van der Waals surface area (Å²) in [6, 6.07) is 5.42. The number of nitrogens with zero attached hydrogens (tertiary/aromatic N) is 4. The average molecular weight is 357 g/mol. The first-order valence-corrected chi connectivity index (χ1v) is 8.74. The summed E-state index contributed by atoms with van der Waals surface area (Å²) in [7, 11) is 6.03. The highest BCUT2D eigenvalue weighted by Crippen LogP contribution is 2.36. The molecule has 1 aromatic carbocycles. The largest absolute Gasteiger partial charge is 0.454 e. The lowest BCUT2D eigenvalue weighted by atomic mass is 9.79. The van der Waals surface area contributed by atoms with Crippen molar-refractivity contribution in [2.24, 2.45) is 7.05 Å². The molecule has 1 aromatic heterocycles. The average Bonchev–Trinajstić information content (AvgIpc) is 3.17. The van der Waals surface area contributed by atoms with Crippen LogP contribution in [0.4, 0.5) is 0 Å². The minimum Gasteiger partial charge on any atom is -0.454 e. The number of aromatic nitrogens is 3. The summed E-state index contributed by atoms with van der Waals surface area (Å²) in [5, 5.41) is 11.7. The lowest BCUT2D eigenvalue weighted by molar-refractivity contribution is 0.0906. The van der Waals surface area contributed by atoms with Gasteiger partial charge < -0.3 is 24.3 Å². The van der Waals surface area contributed by atoms with Crippen LogP contribution in [0.15, 0.2) is 18.2 Å². The van der Waals surface area contributed by atoms with Gasteiger partial charge in [0.15, 0.2) is 11.5 Å². The molecule has 0 unspecified atom stereocenters. The summed E-state index contributed by atoms with van der Waals surface area (Å²) >= 11 is 0. The van der Waals surface area contributed by atoms with Crippen LogP contribution in [0.25, 0.3) is 0 Å². The van der Waals surface area contributed by atoms with Crippen molar-refractivity contribution in [2.45, 2.75) is 31.3 Å². The highest BCUT2D eigenvalue weighted by Gasteiger charge is 2.35. The van der Waals surface area contributed by atoms with Crippen LogP contribution >= 0.6 is 0 Å². The molecule has 1 saturated carbocycles. The van der Waals surface area contributed by atoms with Crippen molar-refractivity contribution in [1.29, 1.82) is 0 Å². The maximum atomic E-state index is 12.4. The van der Waals surface area contributed by atoms with Gasteiger partial charge in [0.2, 0.25) is 6.79 Å². The van der Waals surface area contributed by atoms with Crippen molar-refractivity contribution in [3.8, 4) is 11.5 Å². The zero-order valence-electron chi connectivity index (χ0n) is 15.2. The maximum absolute atomic E-state index is 12.4. The summed E-state index contributed by atoms with van der Waals surface area (Å²) in [6.07, 6.45) is 1.76. The van der Waals surface area contributed by atoms with E-state index in [-0.39, 0.29) is 18.7 Å². The predicted molar refractivity (Wildman–Crippen MR) is 94.2 cm³/mol. The first-order valence-electron chi connectivity index (χ1n) is 8.74. The van der Waals surface area contributed by atoms with Crippen LogP contribution in [0.2, 0.25) is 0 Å². The van der Waals surface area contributed by atoms with E-state index in [0.717, 1.165) is 31.0 Å². The Labute approximate surface area is 152 Å². The molecule has 8 heteroatoms.